The molecule has 0 spiro atoms. The molecule has 0 saturated heterocycles. The first kappa shape index (κ1) is 14.2. The lowest BCUT2D eigenvalue weighted by atomic mass is 10.2. The average molecular weight is 276 g/mol. The number of aromatic nitrogens is 1. The number of ether oxygens (including phenoxy) is 1. The zero-order valence-electron chi connectivity index (χ0n) is 10.8. The lowest BCUT2D eigenvalue weighted by Crippen LogP contribution is -2.36. The maximum Gasteiger partial charge on any atom is 0.258 e. The number of carbonyl (C=O) groups is 1. The quantitative estimate of drug-likeness (QED) is 0.695. The largest absolute Gasteiger partial charge is 0.481 e. The second-order valence-corrected chi connectivity index (χ2v) is 4.26. The fourth-order valence-corrected chi connectivity index (χ4v) is 1.68. The molecular formula is C14H16N2O4. The van der Waals surface area contributed by atoms with Gasteiger partial charge in [-0.15, -0.1) is 0 Å². The highest BCUT2D eigenvalue weighted by atomic mass is 16.5. The molecule has 6 nitrogen and oxygen atoms in total. The van der Waals surface area contributed by atoms with Crippen molar-refractivity contribution in [3.63, 3.8) is 0 Å². The molecule has 1 unspecified atom stereocenters. The highest BCUT2D eigenvalue weighted by Crippen LogP contribution is 2.22. The monoisotopic (exact) mass is 276 g/mol. The van der Waals surface area contributed by atoms with Gasteiger partial charge in [0.25, 0.3) is 5.91 Å². The molecule has 2 aromatic rings. The lowest BCUT2D eigenvalue weighted by molar-refractivity contribution is -0.123. The van der Waals surface area contributed by atoms with Gasteiger partial charge in [0.2, 0.25) is 0 Å². The third-order valence-electron chi connectivity index (χ3n) is 2.70. The van der Waals surface area contributed by atoms with Gasteiger partial charge in [0.05, 0.1) is 12.7 Å². The van der Waals surface area contributed by atoms with Crippen LogP contribution in [0.15, 0.2) is 36.5 Å². The summed E-state index contributed by atoms with van der Waals surface area (Å²) in [5, 5.41) is 21.1. The first-order chi connectivity index (χ1) is 9.70. The van der Waals surface area contributed by atoms with Gasteiger partial charge < -0.3 is 20.3 Å². The molecule has 20 heavy (non-hydrogen) atoms. The fourth-order valence-electron chi connectivity index (χ4n) is 1.68. The Hall–Kier alpha value is -2.18. The van der Waals surface area contributed by atoms with Crippen LogP contribution in [-0.4, -0.2) is 47.0 Å². The van der Waals surface area contributed by atoms with Gasteiger partial charge in [-0.1, -0.05) is 18.2 Å². The molecule has 1 aromatic heterocycles. The Kier molecular flexibility index (Phi) is 4.86. The molecule has 0 bridgehead atoms. The topological polar surface area (TPSA) is 91.7 Å². The standard InChI is InChI=1S/C14H16N2O4/c17-8-11(18)7-16-13(19)9-20-12-5-1-3-10-4-2-6-15-14(10)12/h1-6,11,17-18H,7-9H2,(H,16,19). The van der Waals surface area contributed by atoms with Crippen molar-refractivity contribution >= 4 is 16.8 Å². The molecule has 6 heteroatoms. The summed E-state index contributed by atoms with van der Waals surface area (Å²) in [4.78, 5) is 15.7. The predicted molar refractivity (Wildman–Crippen MR) is 73.3 cm³/mol. The highest BCUT2D eigenvalue weighted by Gasteiger charge is 2.08. The minimum absolute atomic E-state index is 0.00746. The fraction of sp³-hybridized carbons (Fsp3) is 0.286. The van der Waals surface area contributed by atoms with Crippen molar-refractivity contribution in [1.29, 1.82) is 0 Å². The second-order valence-electron chi connectivity index (χ2n) is 4.26. The summed E-state index contributed by atoms with van der Waals surface area (Å²) in [6, 6.07) is 9.22. The maximum atomic E-state index is 11.5. The maximum absolute atomic E-state index is 11.5. The number of rotatable bonds is 6. The van der Waals surface area contributed by atoms with Crippen LogP contribution in [0.4, 0.5) is 0 Å². The van der Waals surface area contributed by atoms with Gasteiger partial charge in [-0.2, -0.15) is 0 Å². The Morgan fingerprint density at radius 3 is 2.95 bits per heavy atom. The van der Waals surface area contributed by atoms with Crippen LogP contribution in [0.3, 0.4) is 0 Å². The van der Waals surface area contributed by atoms with Crippen LogP contribution in [0.25, 0.3) is 10.9 Å². The van der Waals surface area contributed by atoms with E-state index in [-0.39, 0.29) is 19.1 Å². The molecule has 0 aliphatic carbocycles. The van der Waals surface area contributed by atoms with Gasteiger partial charge >= 0.3 is 0 Å². The summed E-state index contributed by atoms with van der Waals surface area (Å²) in [5.41, 5.74) is 0.693. The number of benzene rings is 1. The first-order valence-corrected chi connectivity index (χ1v) is 6.23. The smallest absolute Gasteiger partial charge is 0.258 e. The van der Waals surface area contributed by atoms with Gasteiger partial charge in [0.15, 0.2) is 6.61 Å². The average Bonchev–Trinajstić information content (AvgIpc) is 2.50. The molecule has 0 saturated carbocycles. The number of hydrogen-bond acceptors (Lipinski definition) is 5. The molecule has 1 atom stereocenters. The van der Waals surface area contributed by atoms with Crippen LogP contribution in [0.1, 0.15) is 0 Å². The van der Waals surface area contributed by atoms with E-state index in [2.05, 4.69) is 10.3 Å². The predicted octanol–water partition coefficient (Wildman–Crippen LogP) is 0.0830. The van der Waals surface area contributed by atoms with Gasteiger partial charge in [0.1, 0.15) is 11.3 Å². The van der Waals surface area contributed by atoms with Crippen molar-refractivity contribution < 1.29 is 19.7 Å². The summed E-state index contributed by atoms with van der Waals surface area (Å²) in [5.74, 6) is 0.159. The molecule has 2 rings (SSSR count). The van der Waals surface area contributed by atoms with E-state index >= 15 is 0 Å². The van der Waals surface area contributed by atoms with E-state index in [0.717, 1.165) is 5.39 Å². The molecule has 0 fully saturated rings. The van der Waals surface area contributed by atoms with Crippen LogP contribution >= 0.6 is 0 Å². The number of amides is 1. The number of carbonyl (C=O) groups excluding carboxylic acids is 1. The number of para-hydroxylation sites is 1. The summed E-state index contributed by atoms with van der Waals surface area (Å²) in [7, 11) is 0. The Bertz CT molecular complexity index is 583. The van der Waals surface area contributed by atoms with Gasteiger partial charge in [0, 0.05) is 18.1 Å². The Morgan fingerprint density at radius 2 is 2.15 bits per heavy atom. The summed E-state index contributed by atoms with van der Waals surface area (Å²) in [6.07, 6.45) is 0.700. The molecule has 1 heterocycles. The summed E-state index contributed by atoms with van der Waals surface area (Å²) < 4.78 is 5.43. The Labute approximate surface area is 116 Å². The van der Waals surface area contributed by atoms with Gasteiger partial charge in [-0.3, -0.25) is 9.78 Å². The van der Waals surface area contributed by atoms with Crippen LogP contribution in [0.2, 0.25) is 0 Å². The number of pyridine rings is 1. The van der Waals surface area contributed by atoms with Crippen LogP contribution < -0.4 is 10.1 Å². The molecule has 1 amide bonds. The number of fused-ring (bicyclic) bond motifs is 1. The van der Waals surface area contributed by atoms with Crippen molar-refractivity contribution in [3.8, 4) is 5.75 Å². The molecule has 106 valence electrons. The number of aliphatic hydroxyl groups excluding tert-OH is 2. The third kappa shape index (κ3) is 3.66. The van der Waals surface area contributed by atoms with Crippen molar-refractivity contribution in [2.75, 3.05) is 19.8 Å². The number of hydrogen-bond donors (Lipinski definition) is 3. The second kappa shape index (κ2) is 6.83. The van der Waals surface area contributed by atoms with E-state index < -0.39 is 12.7 Å². The number of nitrogens with zero attached hydrogens (tertiary/aromatic N) is 1. The van der Waals surface area contributed by atoms with Crippen molar-refractivity contribution in [2.45, 2.75) is 6.10 Å². The Balaban J connectivity index is 1.94. The molecule has 3 N–H and O–H groups in total. The van der Waals surface area contributed by atoms with Crippen LogP contribution in [0.5, 0.6) is 5.75 Å². The van der Waals surface area contributed by atoms with Crippen molar-refractivity contribution in [1.82, 2.24) is 10.3 Å². The molecule has 0 radical (unpaired) electrons. The SMILES string of the molecule is O=C(COc1cccc2cccnc12)NCC(O)CO. The highest BCUT2D eigenvalue weighted by molar-refractivity contribution is 5.85. The van der Waals surface area contributed by atoms with Crippen LogP contribution in [-0.2, 0) is 4.79 Å². The van der Waals surface area contributed by atoms with E-state index in [1.807, 2.05) is 24.3 Å². The molecular weight excluding hydrogens is 260 g/mol. The van der Waals surface area contributed by atoms with Gasteiger partial charge in [-0.25, -0.2) is 0 Å². The van der Waals surface area contributed by atoms with Crippen molar-refractivity contribution in [3.05, 3.63) is 36.5 Å². The van der Waals surface area contributed by atoms with E-state index in [4.69, 9.17) is 14.9 Å². The summed E-state index contributed by atoms with van der Waals surface area (Å²) in [6.45, 7) is -0.575. The molecule has 1 aromatic carbocycles. The first-order valence-electron chi connectivity index (χ1n) is 6.23. The zero-order chi connectivity index (χ0) is 14.4. The van der Waals surface area contributed by atoms with Crippen LogP contribution in [0, 0.1) is 0 Å². The normalized spacial score (nSPS) is 12.1. The Morgan fingerprint density at radius 1 is 1.35 bits per heavy atom. The number of aliphatic hydroxyl groups is 2. The molecule has 0 aliphatic heterocycles. The lowest BCUT2D eigenvalue weighted by Gasteiger charge is -2.11. The minimum atomic E-state index is -0.960. The van der Waals surface area contributed by atoms with Gasteiger partial charge in [-0.05, 0) is 12.1 Å². The zero-order valence-corrected chi connectivity index (χ0v) is 10.8. The minimum Gasteiger partial charge on any atom is -0.481 e. The van der Waals surface area contributed by atoms with E-state index in [1.54, 1.807) is 12.3 Å². The van der Waals surface area contributed by atoms with E-state index in [1.165, 1.54) is 0 Å². The number of nitrogens with one attached hydrogen (secondary N) is 1. The van der Waals surface area contributed by atoms with E-state index in [0.29, 0.717) is 11.3 Å². The van der Waals surface area contributed by atoms with E-state index in [9.17, 15) is 4.79 Å². The summed E-state index contributed by atoms with van der Waals surface area (Å²) >= 11 is 0. The molecule has 0 aliphatic rings. The third-order valence-corrected chi connectivity index (χ3v) is 2.70. The van der Waals surface area contributed by atoms with Crippen molar-refractivity contribution in [2.24, 2.45) is 0 Å².